The van der Waals surface area contributed by atoms with Crippen molar-refractivity contribution in [2.45, 2.75) is 128 Å². The molecule has 7 nitrogen and oxygen atoms in total. The van der Waals surface area contributed by atoms with E-state index in [1.54, 1.807) is 0 Å². The van der Waals surface area contributed by atoms with Gasteiger partial charge >= 0.3 is 5.97 Å². The van der Waals surface area contributed by atoms with Crippen molar-refractivity contribution in [2.75, 3.05) is 19.8 Å². The molecule has 1 fully saturated rings. The molecular weight excluding hydrogens is 533 g/mol. The molecular formula is C25H50O7S2Si2. The largest absolute Gasteiger partial charge is 0.477 e. The van der Waals surface area contributed by atoms with Crippen LogP contribution in [-0.2, 0) is 32.6 Å². The van der Waals surface area contributed by atoms with Crippen LogP contribution in [0.15, 0.2) is 0 Å². The van der Waals surface area contributed by atoms with E-state index < -0.39 is 47.2 Å². The second-order valence-corrected chi connectivity index (χ2v) is 23.6. The Kier molecular flexibility index (Phi) is 12.6. The molecule has 1 aliphatic heterocycles. The van der Waals surface area contributed by atoms with E-state index in [4.69, 9.17) is 40.0 Å². The minimum Gasteiger partial charge on any atom is -0.477 e. The molecule has 1 heterocycles. The number of hydrogen-bond donors (Lipinski definition) is 0. The van der Waals surface area contributed by atoms with Gasteiger partial charge in [-0.05, 0) is 62.3 Å². The molecule has 0 N–H and O–H groups in total. The van der Waals surface area contributed by atoms with Crippen LogP contribution in [0.2, 0.25) is 36.3 Å². The van der Waals surface area contributed by atoms with Gasteiger partial charge in [-0.1, -0.05) is 53.3 Å². The Bertz CT molecular complexity index is 729. The van der Waals surface area contributed by atoms with Crippen LogP contribution in [0.5, 0.6) is 0 Å². The van der Waals surface area contributed by atoms with Crippen LogP contribution in [0.4, 0.5) is 0 Å². The Morgan fingerprint density at radius 3 is 1.75 bits per heavy atom. The van der Waals surface area contributed by atoms with E-state index in [1.165, 1.54) is 18.7 Å². The zero-order valence-corrected chi connectivity index (χ0v) is 28.3. The van der Waals surface area contributed by atoms with E-state index >= 15 is 0 Å². The maximum absolute atomic E-state index is 12.4. The van der Waals surface area contributed by atoms with E-state index in [-0.39, 0.29) is 15.3 Å². The molecule has 0 aromatic carbocycles. The lowest BCUT2D eigenvalue weighted by atomic mass is 10.0. The second kappa shape index (κ2) is 13.4. The van der Waals surface area contributed by atoms with Crippen molar-refractivity contribution in [1.82, 2.24) is 0 Å². The Hall–Kier alpha value is -0.0162. The molecule has 11 heteroatoms. The summed E-state index contributed by atoms with van der Waals surface area (Å²) in [6.45, 7) is 28.4. The van der Waals surface area contributed by atoms with Gasteiger partial charge in [0.1, 0.15) is 24.9 Å². The molecule has 36 heavy (non-hydrogen) atoms. The summed E-state index contributed by atoms with van der Waals surface area (Å²) in [4.78, 5) is 12.4. The van der Waals surface area contributed by atoms with Gasteiger partial charge in [-0.3, -0.25) is 4.79 Å². The zero-order valence-electron chi connectivity index (χ0n) is 24.7. The molecule has 0 unspecified atom stereocenters. The molecule has 1 aliphatic rings. The van der Waals surface area contributed by atoms with E-state index in [0.29, 0.717) is 24.2 Å². The number of thiocarbonyl (C=S) groups is 1. The van der Waals surface area contributed by atoms with Gasteiger partial charge in [-0.2, -0.15) is 0 Å². The maximum atomic E-state index is 12.4. The third-order valence-electron chi connectivity index (χ3n) is 7.33. The first-order valence-corrected chi connectivity index (χ1v) is 20.0. The van der Waals surface area contributed by atoms with E-state index in [0.717, 1.165) is 0 Å². The predicted molar refractivity (Wildman–Crippen MR) is 157 cm³/mol. The van der Waals surface area contributed by atoms with Crippen molar-refractivity contribution in [3.8, 4) is 0 Å². The zero-order chi connectivity index (χ0) is 28.1. The highest BCUT2D eigenvalue weighted by molar-refractivity contribution is 8.23. The first-order valence-electron chi connectivity index (χ1n) is 12.9. The molecule has 0 spiro atoms. The highest BCUT2D eigenvalue weighted by atomic mass is 32.2. The average molecular weight is 583 g/mol. The summed E-state index contributed by atoms with van der Waals surface area (Å²) in [7, 11) is -4.72. The van der Waals surface area contributed by atoms with Crippen molar-refractivity contribution >= 4 is 51.0 Å². The lowest BCUT2D eigenvalue weighted by Gasteiger charge is -2.48. The van der Waals surface area contributed by atoms with Crippen LogP contribution < -0.4 is 0 Å². The lowest BCUT2D eigenvalue weighted by Crippen LogP contribution is -2.61. The molecule has 0 aromatic rings. The number of hydrogen-bond acceptors (Lipinski definition) is 9. The van der Waals surface area contributed by atoms with Gasteiger partial charge in [0.25, 0.3) is 0 Å². The third-order valence-corrected chi connectivity index (χ3v) is 17.7. The van der Waals surface area contributed by atoms with Gasteiger partial charge in [0.15, 0.2) is 22.9 Å². The normalized spacial score (nSPS) is 20.3. The standard InChI is InChI=1S/C25H50O7S2Si2/c1-14-27-22(28-15-2)21(32-36(12,13)25(7,8)9)20(31-35(10,11)24(4,5)6)19(30-17(3)26)18-16-29-23(33)34-18/h18-22H,14-16H2,1-13H3/t18-,19-,20-,21+/m0/s1. The van der Waals surface area contributed by atoms with Crippen LogP contribution in [-0.4, -0.2) is 76.7 Å². The fraction of sp³-hybridized carbons (Fsp3) is 0.920. The van der Waals surface area contributed by atoms with Crippen molar-refractivity contribution in [2.24, 2.45) is 0 Å². The third kappa shape index (κ3) is 9.32. The van der Waals surface area contributed by atoms with Gasteiger partial charge < -0.3 is 27.8 Å². The number of esters is 1. The lowest BCUT2D eigenvalue weighted by molar-refractivity contribution is -0.218. The first-order chi connectivity index (χ1) is 16.3. The molecule has 0 bridgehead atoms. The molecule has 0 saturated carbocycles. The van der Waals surface area contributed by atoms with E-state index in [9.17, 15) is 4.79 Å². The van der Waals surface area contributed by atoms with Crippen LogP contribution in [0.25, 0.3) is 0 Å². The molecule has 4 atom stereocenters. The highest BCUT2D eigenvalue weighted by Gasteiger charge is 2.52. The molecule has 0 aliphatic carbocycles. The molecule has 1 rings (SSSR count). The topological polar surface area (TPSA) is 72.5 Å². The maximum Gasteiger partial charge on any atom is 0.303 e. The number of carbonyl (C=O) groups is 1. The van der Waals surface area contributed by atoms with E-state index in [1.807, 2.05) is 13.8 Å². The van der Waals surface area contributed by atoms with Gasteiger partial charge in [0, 0.05) is 20.1 Å². The number of carbonyl (C=O) groups excluding carboxylic acids is 1. The Balaban J connectivity index is 3.77. The Morgan fingerprint density at radius 2 is 1.42 bits per heavy atom. The van der Waals surface area contributed by atoms with Crippen molar-refractivity contribution in [3.63, 3.8) is 0 Å². The summed E-state index contributed by atoms with van der Waals surface area (Å²) < 4.78 is 38.5. The summed E-state index contributed by atoms with van der Waals surface area (Å²) in [6, 6.07) is 0. The Morgan fingerprint density at radius 1 is 0.972 bits per heavy atom. The summed E-state index contributed by atoms with van der Waals surface area (Å²) in [6.07, 6.45) is -2.63. The van der Waals surface area contributed by atoms with Gasteiger partial charge in [0.05, 0.1) is 5.25 Å². The fourth-order valence-corrected chi connectivity index (χ4v) is 7.13. The van der Waals surface area contributed by atoms with Crippen LogP contribution in [0.3, 0.4) is 0 Å². The minimum atomic E-state index is -2.38. The molecule has 212 valence electrons. The van der Waals surface area contributed by atoms with Crippen LogP contribution >= 0.6 is 24.0 Å². The summed E-state index contributed by atoms with van der Waals surface area (Å²) >= 11 is 6.71. The summed E-state index contributed by atoms with van der Waals surface area (Å²) in [5.74, 6) is -0.391. The summed E-state index contributed by atoms with van der Waals surface area (Å²) in [5, 5.41) is -0.389. The minimum absolute atomic E-state index is 0.0700. The first kappa shape index (κ1) is 34.0. The monoisotopic (exact) mass is 582 g/mol. The molecule has 0 aromatic heterocycles. The Labute approximate surface area is 231 Å². The fourth-order valence-electron chi connectivity index (χ4n) is 3.25. The SMILES string of the molecule is CCOC(OCC)[C@H](O[Si](C)(C)C(C)(C)C)[C@@H](O[Si](C)(C)C(C)(C)C)[C@@H](OC(C)=O)[C@@H]1COC(=S)S1. The van der Waals surface area contributed by atoms with Gasteiger partial charge in [-0.15, -0.1) is 0 Å². The quantitative estimate of drug-likeness (QED) is 0.104. The van der Waals surface area contributed by atoms with Crippen molar-refractivity contribution in [1.29, 1.82) is 0 Å². The molecule has 0 amide bonds. The van der Waals surface area contributed by atoms with Crippen molar-refractivity contribution < 1.29 is 32.6 Å². The average Bonchev–Trinajstić information content (AvgIpc) is 3.13. The predicted octanol–water partition coefficient (Wildman–Crippen LogP) is 6.51. The van der Waals surface area contributed by atoms with Crippen LogP contribution in [0, 0.1) is 0 Å². The number of ether oxygens (including phenoxy) is 4. The number of rotatable bonds is 13. The second-order valence-electron chi connectivity index (χ2n) is 12.3. The summed E-state index contributed by atoms with van der Waals surface area (Å²) in [5.41, 5.74) is 0. The molecule has 1 saturated heterocycles. The van der Waals surface area contributed by atoms with Crippen LogP contribution in [0.1, 0.15) is 62.3 Å². The smallest absolute Gasteiger partial charge is 0.303 e. The number of thioether (sulfide) groups is 1. The van der Waals surface area contributed by atoms with Gasteiger partial charge in [-0.25, -0.2) is 0 Å². The van der Waals surface area contributed by atoms with E-state index in [2.05, 4.69) is 67.7 Å². The van der Waals surface area contributed by atoms with Gasteiger partial charge in [0.2, 0.25) is 4.38 Å². The molecule has 0 radical (unpaired) electrons. The highest BCUT2D eigenvalue weighted by Crippen LogP contribution is 2.43. The van der Waals surface area contributed by atoms with Crippen molar-refractivity contribution in [3.05, 3.63) is 0 Å².